The SMILES string of the molecule is c1ccc(Cc2ccnc(-c3ccc4sc5cc(-c6ccccc6-c6ccccc6)ccc5c4c3)c2)cc1. The molecule has 0 atom stereocenters. The lowest BCUT2D eigenvalue weighted by molar-refractivity contribution is 1.16. The van der Waals surface area contributed by atoms with Gasteiger partial charge in [-0.3, -0.25) is 4.98 Å². The minimum Gasteiger partial charge on any atom is -0.256 e. The van der Waals surface area contributed by atoms with Gasteiger partial charge < -0.3 is 0 Å². The number of aromatic nitrogens is 1. The zero-order valence-corrected chi connectivity index (χ0v) is 21.7. The fourth-order valence-corrected chi connectivity index (χ4v) is 6.41. The maximum atomic E-state index is 4.72. The van der Waals surface area contributed by atoms with Gasteiger partial charge in [-0.25, -0.2) is 0 Å². The smallest absolute Gasteiger partial charge is 0.0705 e. The normalized spacial score (nSPS) is 11.3. The number of pyridine rings is 1. The van der Waals surface area contributed by atoms with Crippen molar-refractivity contribution >= 4 is 31.5 Å². The van der Waals surface area contributed by atoms with Gasteiger partial charge in [0.1, 0.15) is 0 Å². The molecule has 7 aromatic rings. The topological polar surface area (TPSA) is 12.9 Å². The highest BCUT2D eigenvalue weighted by atomic mass is 32.1. The molecule has 180 valence electrons. The van der Waals surface area contributed by atoms with Gasteiger partial charge in [-0.15, -0.1) is 11.3 Å². The Morgan fingerprint density at radius 2 is 1.18 bits per heavy atom. The summed E-state index contributed by atoms with van der Waals surface area (Å²) in [6.45, 7) is 0. The second kappa shape index (κ2) is 9.74. The molecule has 0 saturated carbocycles. The van der Waals surface area contributed by atoms with Gasteiger partial charge in [0.2, 0.25) is 0 Å². The number of hydrogen-bond donors (Lipinski definition) is 0. The van der Waals surface area contributed by atoms with Crippen molar-refractivity contribution in [1.29, 1.82) is 0 Å². The van der Waals surface area contributed by atoms with E-state index in [1.54, 1.807) is 0 Å². The van der Waals surface area contributed by atoms with Crippen LogP contribution in [0.2, 0.25) is 0 Å². The third-order valence-electron chi connectivity index (χ3n) is 7.17. The molecule has 2 heteroatoms. The van der Waals surface area contributed by atoms with Gasteiger partial charge in [0.25, 0.3) is 0 Å². The molecular weight excluding hydrogens is 478 g/mol. The summed E-state index contributed by atoms with van der Waals surface area (Å²) < 4.78 is 2.61. The summed E-state index contributed by atoms with van der Waals surface area (Å²) in [5, 5.41) is 2.59. The molecule has 0 aliphatic heterocycles. The predicted molar refractivity (Wildman–Crippen MR) is 163 cm³/mol. The molecule has 0 fully saturated rings. The van der Waals surface area contributed by atoms with Gasteiger partial charge in [0.15, 0.2) is 0 Å². The average Bonchev–Trinajstić information content (AvgIpc) is 3.35. The second-order valence-corrected chi connectivity index (χ2v) is 10.7. The molecule has 0 aliphatic rings. The lowest BCUT2D eigenvalue weighted by atomic mass is 9.94. The molecule has 7 rings (SSSR count). The van der Waals surface area contributed by atoms with Crippen molar-refractivity contribution in [2.24, 2.45) is 0 Å². The Hall–Kier alpha value is -4.53. The minimum absolute atomic E-state index is 0.910. The number of fused-ring (bicyclic) bond motifs is 3. The summed E-state index contributed by atoms with van der Waals surface area (Å²) in [4.78, 5) is 4.72. The van der Waals surface area contributed by atoms with Gasteiger partial charge in [-0.2, -0.15) is 0 Å². The van der Waals surface area contributed by atoms with E-state index in [0.717, 1.165) is 17.7 Å². The molecule has 0 saturated heterocycles. The van der Waals surface area contributed by atoms with E-state index >= 15 is 0 Å². The van der Waals surface area contributed by atoms with Crippen LogP contribution in [0, 0.1) is 0 Å². The van der Waals surface area contributed by atoms with Gasteiger partial charge in [-0.1, -0.05) is 103 Å². The molecule has 0 radical (unpaired) electrons. The van der Waals surface area contributed by atoms with Crippen molar-refractivity contribution in [3.63, 3.8) is 0 Å². The fourth-order valence-electron chi connectivity index (χ4n) is 5.28. The summed E-state index contributed by atoms with van der Waals surface area (Å²) in [6, 6.07) is 47.9. The van der Waals surface area contributed by atoms with Gasteiger partial charge >= 0.3 is 0 Å². The highest BCUT2D eigenvalue weighted by Crippen LogP contribution is 2.40. The molecule has 0 amide bonds. The van der Waals surface area contributed by atoms with E-state index in [4.69, 9.17) is 4.98 Å². The molecule has 0 spiro atoms. The average molecular weight is 504 g/mol. The van der Waals surface area contributed by atoms with Crippen LogP contribution in [0.1, 0.15) is 11.1 Å². The van der Waals surface area contributed by atoms with Crippen molar-refractivity contribution < 1.29 is 0 Å². The van der Waals surface area contributed by atoms with Crippen molar-refractivity contribution in [3.05, 3.63) is 151 Å². The zero-order valence-electron chi connectivity index (χ0n) is 20.8. The van der Waals surface area contributed by atoms with E-state index in [1.807, 2.05) is 17.5 Å². The minimum atomic E-state index is 0.910. The van der Waals surface area contributed by atoms with Gasteiger partial charge in [0.05, 0.1) is 5.69 Å². The number of hydrogen-bond acceptors (Lipinski definition) is 2. The van der Waals surface area contributed by atoms with Crippen molar-refractivity contribution in [3.8, 4) is 33.5 Å². The van der Waals surface area contributed by atoms with E-state index in [-0.39, 0.29) is 0 Å². The standard InChI is InChI=1S/C36H25NS/c1-3-9-25(10-4-1)21-26-19-20-37-34(22-26)29-16-18-35-33(23-29)32-17-15-28(24-36(32)38-35)31-14-8-7-13-30(31)27-11-5-2-6-12-27/h1-20,22-24H,21H2. The number of rotatable bonds is 5. The van der Waals surface area contributed by atoms with Gasteiger partial charge in [-0.05, 0) is 70.1 Å². The Morgan fingerprint density at radius 3 is 2.00 bits per heavy atom. The lowest BCUT2D eigenvalue weighted by Crippen LogP contribution is -1.91. The van der Waals surface area contributed by atoms with Crippen LogP contribution in [0.5, 0.6) is 0 Å². The molecular formula is C36H25NS. The quantitative estimate of drug-likeness (QED) is 0.228. The van der Waals surface area contributed by atoms with Crippen LogP contribution in [-0.4, -0.2) is 4.98 Å². The molecule has 0 aliphatic carbocycles. The van der Waals surface area contributed by atoms with Crippen LogP contribution in [0.4, 0.5) is 0 Å². The molecule has 0 N–H and O–H groups in total. The number of thiophene rings is 1. The molecule has 5 aromatic carbocycles. The monoisotopic (exact) mass is 503 g/mol. The van der Waals surface area contributed by atoms with Crippen LogP contribution in [0.15, 0.2) is 140 Å². The van der Waals surface area contributed by atoms with Crippen LogP contribution in [-0.2, 0) is 6.42 Å². The Balaban J connectivity index is 1.27. The maximum Gasteiger partial charge on any atom is 0.0705 e. The van der Waals surface area contributed by atoms with E-state index in [9.17, 15) is 0 Å². The van der Waals surface area contributed by atoms with Crippen LogP contribution < -0.4 is 0 Å². The Labute approximate surface area is 226 Å². The van der Waals surface area contributed by atoms with E-state index in [1.165, 1.54) is 53.6 Å². The highest BCUT2D eigenvalue weighted by Gasteiger charge is 2.12. The first kappa shape index (κ1) is 22.7. The zero-order chi connectivity index (χ0) is 25.3. The van der Waals surface area contributed by atoms with Crippen molar-refractivity contribution in [1.82, 2.24) is 4.98 Å². The predicted octanol–water partition coefficient (Wildman–Crippen LogP) is 10.0. The summed E-state index contributed by atoms with van der Waals surface area (Å²) >= 11 is 1.86. The molecule has 2 heterocycles. The van der Waals surface area contributed by atoms with Crippen molar-refractivity contribution in [2.75, 3.05) is 0 Å². The summed E-state index contributed by atoms with van der Waals surface area (Å²) in [6.07, 6.45) is 2.84. The summed E-state index contributed by atoms with van der Waals surface area (Å²) in [5.41, 5.74) is 9.78. The maximum absolute atomic E-state index is 4.72. The first-order valence-corrected chi connectivity index (χ1v) is 13.7. The largest absolute Gasteiger partial charge is 0.256 e. The highest BCUT2D eigenvalue weighted by molar-refractivity contribution is 7.25. The van der Waals surface area contributed by atoms with Crippen LogP contribution in [0.3, 0.4) is 0 Å². The first-order chi connectivity index (χ1) is 18.8. The Morgan fingerprint density at radius 1 is 0.474 bits per heavy atom. The van der Waals surface area contributed by atoms with Crippen LogP contribution in [0.25, 0.3) is 53.7 Å². The fraction of sp³-hybridized carbons (Fsp3) is 0.0278. The first-order valence-electron chi connectivity index (χ1n) is 12.9. The Bertz CT molecular complexity index is 1880. The number of nitrogens with zero attached hydrogens (tertiary/aromatic N) is 1. The van der Waals surface area contributed by atoms with E-state index in [0.29, 0.717) is 0 Å². The molecule has 1 nitrogen and oxygen atoms in total. The summed E-state index contributed by atoms with van der Waals surface area (Å²) in [7, 11) is 0. The third kappa shape index (κ3) is 4.30. The van der Waals surface area contributed by atoms with E-state index < -0.39 is 0 Å². The second-order valence-electron chi connectivity index (χ2n) is 9.65. The molecule has 0 unspecified atom stereocenters. The molecule has 0 bridgehead atoms. The molecule has 2 aromatic heterocycles. The number of benzene rings is 5. The van der Waals surface area contributed by atoms with Crippen LogP contribution >= 0.6 is 11.3 Å². The van der Waals surface area contributed by atoms with E-state index in [2.05, 4.69) is 133 Å². The van der Waals surface area contributed by atoms with Gasteiger partial charge in [0, 0.05) is 31.9 Å². The third-order valence-corrected chi connectivity index (χ3v) is 8.30. The van der Waals surface area contributed by atoms with Crippen molar-refractivity contribution in [2.45, 2.75) is 6.42 Å². The lowest BCUT2D eigenvalue weighted by Gasteiger charge is -2.10. The molecule has 38 heavy (non-hydrogen) atoms. The summed E-state index contributed by atoms with van der Waals surface area (Å²) in [5.74, 6) is 0. The Kier molecular flexibility index (Phi) is 5.80.